The summed E-state index contributed by atoms with van der Waals surface area (Å²) in [4.78, 5) is 11.9. The third kappa shape index (κ3) is 16.1. The first-order valence-corrected chi connectivity index (χ1v) is 32.9. The van der Waals surface area contributed by atoms with Gasteiger partial charge in [0.1, 0.15) is 11.5 Å². The largest absolute Gasteiger partial charge is 0.493 e. The van der Waals surface area contributed by atoms with Crippen molar-refractivity contribution >= 4 is 64.3 Å². The minimum Gasteiger partial charge on any atom is -0.493 e. The van der Waals surface area contributed by atoms with Crippen LogP contribution in [0.2, 0.25) is 0 Å². The maximum Gasteiger partial charge on any atom is 0.335 e. The third-order valence-corrected chi connectivity index (χ3v) is 20.7. The van der Waals surface area contributed by atoms with E-state index in [-0.39, 0.29) is 6.16 Å². The minimum atomic E-state index is -3.44. The molecule has 0 aliphatic heterocycles. The van der Waals surface area contributed by atoms with E-state index in [0.717, 1.165) is 86.1 Å². The van der Waals surface area contributed by atoms with E-state index in [1.54, 1.807) is 45.3 Å². The van der Waals surface area contributed by atoms with Gasteiger partial charge in [0.2, 0.25) is 0 Å². The number of benzene rings is 2. The van der Waals surface area contributed by atoms with Crippen LogP contribution < -0.4 is 9.47 Å². The lowest BCUT2D eigenvalue weighted by Crippen LogP contribution is -2.02. The molecule has 2 aromatic carbocycles. The molecule has 5 heterocycles. The molecule has 0 amide bonds. The Balaban J connectivity index is 1.19. The lowest BCUT2D eigenvalue weighted by atomic mass is 9.95. The highest BCUT2D eigenvalue weighted by molar-refractivity contribution is 7.53. The summed E-state index contributed by atoms with van der Waals surface area (Å²) in [6.07, 6.45) is 18.9. The molecule has 5 aromatic heterocycles. The topological polar surface area (TPSA) is 54.0 Å². The highest BCUT2D eigenvalue weighted by Crippen LogP contribution is 2.54. The molecule has 0 saturated heterocycles. The monoisotopic (exact) mass is 1090 g/mol. The van der Waals surface area contributed by atoms with Crippen molar-refractivity contribution in [3.63, 3.8) is 0 Å². The molecular weight excluding hydrogens is 1020 g/mol. The first-order valence-electron chi connectivity index (χ1n) is 27.1. The second-order valence-corrected chi connectivity index (χ2v) is 26.4. The van der Waals surface area contributed by atoms with Gasteiger partial charge in [0.15, 0.2) is 0 Å². The van der Waals surface area contributed by atoms with E-state index in [2.05, 4.69) is 131 Å². The van der Waals surface area contributed by atoms with Crippen LogP contribution in [-0.4, -0.2) is 26.4 Å². The molecule has 0 bridgehead atoms. The highest BCUT2D eigenvalue weighted by Gasteiger charge is 2.28. The van der Waals surface area contributed by atoms with E-state index in [0.29, 0.717) is 26.4 Å². The molecule has 0 unspecified atom stereocenters. The van der Waals surface area contributed by atoms with E-state index >= 15 is 0 Å². The summed E-state index contributed by atoms with van der Waals surface area (Å²) in [5, 5.41) is 0. The number of rotatable bonds is 31. The first kappa shape index (κ1) is 57.0. The van der Waals surface area contributed by atoms with Crippen LogP contribution in [-0.2, 0) is 26.2 Å². The van der Waals surface area contributed by atoms with Crippen molar-refractivity contribution < 1.29 is 23.1 Å². The summed E-state index contributed by atoms with van der Waals surface area (Å²) in [6.45, 7) is 16.9. The Hall–Kier alpha value is -3.75. The Labute approximate surface area is 458 Å². The Morgan fingerprint density at radius 1 is 0.452 bits per heavy atom. The minimum absolute atomic E-state index is 0.191. The molecule has 0 aliphatic carbocycles. The summed E-state index contributed by atoms with van der Waals surface area (Å²) in [5.41, 5.74) is 6.64. The van der Waals surface area contributed by atoms with Crippen molar-refractivity contribution in [2.75, 3.05) is 26.4 Å². The Morgan fingerprint density at radius 2 is 0.890 bits per heavy atom. The van der Waals surface area contributed by atoms with Gasteiger partial charge in [-0.15, -0.1) is 56.7 Å². The fraction of sp³-hybridized carbons (Fsp3) is 0.452. The molecule has 7 rings (SSSR count). The van der Waals surface area contributed by atoms with Crippen LogP contribution >= 0.6 is 64.3 Å². The van der Waals surface area contributed by atoms with Crippen molar-refractivity contribution in [2.24, 2.45) is 0 Å². The van der Waals surface area contributed by atoms with Crippen molar-refractivity contribution in [3.05, 3.63) is 106 Å². The van der Waals surface area contributed by atoms with Gasteiger partial charge in [-0.3, -0.25) is 4.57 Å². The predicted octanol–water partition coefficient (Wildman–Crippen LogP) is 21.7. The zero-order chi connectivity index (χ0) is 51.4. The molecule has 390 valence electrons. The summed E-state index contributed by atoms with van der Waals surface area (Å²) in [7, 11) is -3.44. The zero-order valence-electron chi connectivity index (χ0n) is 44.5. The highest BCUT2D eigenvalue weighted by atomic mass is 32.1. The lowest BCUT2D eigenvalue weighted by molar-refractivity contribution is 0.219. The Bertz CT molecular complexity index is 2890. The maximum atomic E-state index is 14.4. The molecule has 0 aliphatic rings. The smallest absolute Gasteiger partial charge is 0.335 e. The quantitative estimate of drug-likeness (QED) is 0.0246. The number of hydrogen-bond donors (Lipinski definition) is 0. The molecule has 7 aromatic rings. The fourth-order valence-electron chi connectivity index (χ4n) is 9.01. The average molecular weight is 1090 g/mol. The van der Waals surface area contributed by atoms with Crippen LogP contribution in [0.3, 0.4) is 0 Å². The van der Waals surface area contributed by atoms with Crippen molar-refractivity contribution in [1.82, 2.24) is 0 Å². The molecular formula is C62H77O5PS5. The number of aryl methyl sites for hydroxylation is 2. The number of unbranched alkanes of at least 4 members (excludes halogenated alkanes) is 12. The molecule has 0 N–H and O–H groups in total. The van der Waals surface area contributed by atoms with Crippen LogP contribution in [0.5, 0.6) is 11.5 Å². The number of hydrogen-bond acceptors (Lipinski definition) is 10. The molecule has 0 spiro atoms. The van der Waals surface area contributed by atoms with Gasteiger partial charge >= 0.3 is 7.60 Å². The second kappa shape index (κ2) is 29.5. The van der Waals surface area contributed by atoms with Gasteiger partial charge in [0, 0.05) is 61.4 Å². The molecule has 0 atom stereocenters. The van der Waals surface area contributed by atoms with Crippen LogP contribution in [0.4, 0.5) is 0 Å². The van der Waals surface area contributed by atoms with Gasteiger partial charge in [-0.25, -0.2) is 0 Å². The lowest BCUT2D eigenvalue weighted by Gasteiger charge is -2.20. The molecule has 11 heteroatoms. The van der Waals surface area contributed by atoms with Gasteiger partial charge in [-0.2, -0.15) is 0 Å². The van der Waals surface area contributed by atoms with Crippen molar-refractivity contribution in [1.29, 1.82) is 0 Å². The van der Waals surface area contributed by atoms with Crippen LogP contribution in [0.25, 0.3) is 61.3 Å². The summed E-state index contributed by atoms with van der Waals surface area (Å²) in [5.74, 6) is 8.69. The predicted molar refractivity (Wildman–Crippen MR) is 321 cm³/mol. The molecule has 73 heavy (non-hydrogen) atoms. The first-order chi connectivity index (χ1) is 35.7. The normalized spacial score (nSPS) is 11.6. The van der Waals surface area contributed by atoms with E-state index in [1.165, 1.54) is 110 Å². The zero-order valence-corrected chi connectivity index (χ0v) is 49.4. The average Bonchev–Trinajstić information content (AvgIpc) is 4.26. The standard InChI is InChI=1S/C62H77O5PS5/c1-8-14-17-20-21-22-23-24-27-48-29-31-59(70-48)60-35-33-56(72-60)50-40-46(11-4)49(41-47(50)44-68(63,66-12-5)67-13-6)55-32-36-61(71-55)62-37-34-58(73-62)52-43-53(64-38-25-18-15-9-2)51(57-30-28-45(7)69-57)42-54(52)65-39-26-19-16-10-3/h28-37,40-43H,8-23,25-26,38-39,44H2,1-7H3. The summed E-state index contributed by atoms with van der Waals surface area (Å²) < 4.78 is 39.6. The van der Waals surface area contributed by atoms with E-state index in [9.17, 15) is 4.57 Å². The third-order valence-electron chi connectivity index (χ3n) is 12.9. The fourth-order valence-corrected chi connectivity index (χ4v) is 15.8. The van der Waals surface area contributed by atoms with Gasteiger partial charge in [-0.05, 0) is 154 Å². The number of ether oxygens (including phenoxy) is 2. The molecule has 5 nitrogen and oxygen atoms in total. The van der Waals surface area contributed by atoms with Crippen LogP contribution in [0, 0.1) is 18.8 Å². The molecule has 0 fully saturated rings. The Morgan fingerprint density at radius 3 is 1.41 bits per heavy atom. The van der Waals surface area contributed by atoms with E-state index in [1.807, 2.05) is 25.2 Å². The van der Waals surface area contributed by atoms with Crippen LogP contribution in [0.15, 0.2) is 84.9 Å². The van der Waals surface area contributed by atoms with Gasteiger partial charge in [0.05, 0.1) is 37.5 Å². The molecule has 0 radical (unpaired) electrons. The summed E-state index contributed by atoms with van der Waals surface area (Å²) >= 11 is 8.95. The van der Waals surface area contributed by atoms with Gasteiger partial charge in [-0.1, -0.05) is 110 Å². The Kier molecular flexibility index (Phi) is 23.0. The second-order valence-electron chi connectivity index (χ2n) is 18.7. The van der Waals surface area contributed by atoms with E-state index in [4.69, 9.17) is 18.5 Å². The van der Waals surface area contributed by atoms with Crippen LogP contribution in [0.1, 0.15) is 159 Å². The van der Waals surface area contributed by atoms with Crippen molar-refractivity contribution in [3.8, 4) is 84.6 Å². The SMILES string of the molecule is CCCCCCCCC#Cc1ccc(-c2ccc(-c3cc(CC)c(-c4ccc(-c5ccc(-c6cc(OCCCCCC)c(-c7ccc(C)s7)cc6OCCCCCC)s5)s4)cc3CP(=O)(OCC)OCC)s2)s1. The summed E-state index contributed by atoms with van der Waals surface area (Å²) in [6, 6.07) is 31.3. The van der Waals surface area contributed by atoms with E-state index < -0.39 is 7.60 Å². The van der Waals surface area contributed by atoms with Crippen molar-refractivity contribution in [2.45, 2.75) is 157 Å². The maximum absolute atomic E-state index is 14.4. The number of thiophene rings is 5. The molecule has 0 saturated carbocycles. The van der Waals surface area contributed by atoms with Gasteiger partial charge < -0.3 is 18.5 Å². The van der Waals surface area contributed by atoms with Gasteiger partial charge in [0.25, 0.3) is 0 Å².